The minimum absolute atomic E-state index is 0.0956. The summed E-state index contributed by atoms with van der Waals surface area (Å²) >= 11 is 11.8. The monoisotopic (exact) mass is 416 g/mol. The van der Waals surface area contributed by atoms with E-state index in [2.05, 4.69) is 0 Å². The molecule has 2 aromatic rings. The van der Waals surface area contributed by atoms with Gasteiger partial charge in [-0.25, -0.2) is 12.8 Å². The number of halogens is 3. The first-order chi connectivity index (χ1) is 12.3. The van der Waals surface area contributed by atoms with Crippen LogP contribution < -0.4 is 0 Å². The van der Waals surface area contributed by atoms with Gasteiger partial charge in [0.15, 0.2) is 0 Å². The molecule has 0 N–H and O–H groups in total. The Balaban J connectivity index is 1.70. The van der Waals surface area contributed by atoms with E-state index in [9.17, 15) is 17.6 Å². The lowest BCUT2D eigenvalue weighted by Gasteiger charge is -2.34. The van der Waals surface area contributed by atoms with Gasteiger partial charge in [0, 0.05) is 31.7 Å². The second-order valence-electron chi connectivity index (χ2n) is 5.78. The van der Waals surface area contributed by atoms with Crippen LogP contribution >= 0.6 is 23.2 Å². The molecule has 1 saturated heterocycles. The Morgan fingerprint density at radius 2 is 1.65 bits per heavy atom. The zero-order chi connectivity index (χ0) is 18.9. The molecule has 26 heavy (non-hydrogen) atoms. The number of hydrogen-bond acceptors (Lipinski definition) is 3. The first-order valence-corrected chi connectivity index (χ1v) is 9.99. The molecule has 1 heterocycles. The maximum atomic E-state index is 13.3. The summed E-state index contributed by atoms with van der Waals surface area (Å²) in [6.45, 7) is 0.721. The second kappa shape index (κ2) is 7.52. The standard InChI is InChI=1S/C17H15Cl2FN2O3S/c18-15-5-4-12(10-16(15)19)17(23)21-6-8-22(9-7-21)26(24,25)14-3-1-2-13(20)11-14/h1-5,10-11H,6-9H2. The van der Waals surface area contributed by atoms with Gasteiger partial charge >= 0.3 is 0 Å². The highest BCUT2D eigenvalue weighted by molar-refractivity contribution is 7.89. The van der Waals surface area contributed by atoms with Crippen molar-refractivity contribution in [3.63, 3.8) is 0 Å². The second-order valence-corrected chi connectivity index (χ2v) is 8.53. The summed E-state index contributed by atoms with van der Waals surface area (Å²) in [5.41, 5.74) is 0.390. The van der Waals surface area contributed by atoms with Crippen LogP contribution in [0, 0.1) is 5.82 Å². The maximum absolute atomic E-state index is 13.3. The molecule has 3 rings (SSSR count). The van der Waals surface area contributed by atoms with Crippen LogP contribution in [0.5, 0.6) is 0 Å². The zero-order valence-corrected chi connectivity index (χ0v) is 15.9. The van der Waals surface area contributed by atoms with Gasteiger partial charge < -0.3 is 4.90 Å². The summed E-state index contributed by atoms with van der Waals surface area (Å²) in [4.78, 5) is 14.0. The SMILES string of the molecule is O=C(c1ccc(Cl)c(Cl)c1)N1CCN(S(=O)(=O)c2cccc(F)c2)CC1. The van der Waals surface area contributed by atoms with Gasteiger partial charge in [0.25, 0.3) is 5.91 Å². The van der Waals surface area contributed by atoms with Crippen molar-refractivity contribution in [3.8, 4) is 0 Å². The molecule has 0 spiro atoms. The van der Waals surface area contributed by atoms with Crippen molar-refractivity contribution in [1.82, 2.24) is 9.21 Å². The van der Waals surface area contributed by atoms with Crippen molar-refractivity contribution < 1.29 is 17.6 Å². The van der Waals surface area contributed by atoms with Gasteiger partial charge in [-0.15, -0.1) is 0 Å². The number of carbonyl (C=O) groups excluding carboxylic acids is 1. The number of hydrogen-bond donors (Lipinski definition) is 0. The summed E-state index contributed by atoms with van der Waals surface area (Å²) < 4.78 is 39.8. The van der Waals surface area contributed by atoms with Gasteiger partial charge in [-0.1, -0.05) is 29.3 Å². The van der Waals surface area contributed by atoms with E-state index in [0.29, 0.717) is 10.6 Å². The molecule has 2 aromatic carbocycles. The molecule has 1 aliphatic rings. The summed E-state index contributed by atoms with van der Waals surface area (Å²) in [5.74, 6) is -0.856. The normalized spacial score (nSPS) is 15.9. The Morgan fingerprint density at radius 3 is 2.27 bits per heavy atom. The lowest BCUT2D eigenvalue weighted by molar-refractivity contribution is 0.0698. The Morgan fingerprint density at radius 1 is 0.962 bits per heavy atom. The van der Waals surface area contributed by atoms with Crippen LogP contribution in [0.1, 0.15) is 10.4 Å². The molecule has 0 saturated carbocycles. The molecule has 1 fully saturated rings. The van der Waals surface area contributed by atoms with E-state index in [1.807, 2.05) is 0 Å². The molecule has 0 bridgehead atoms. The highest BCUT2D eigenvalue weighted by Crippen LogP contribution is 2.24. The minimum Gasteiger partial charge on any atom is -0.336 e. The van der Waals surface area contributed by atoms with Gasteiger partial charge in [-0.2, -0.15) is 4.31 Å². The van der Waals surface area contributed by atoms with Crippen LogP contribution in [0.15, 0.2) is 47.4 Å². The predicted octanol–water partition coefficient (Wildman–Crippen LogP) is 3.28. The lowest BCUT2D eigenvalue weighted by Crippen LogP contribution is -2.50. The topological polar surface area (TPSA) is 57.7 Å². The summed E-state index contributed by atoms with van der Waals surface area (Å²) in [6, 6.07) is 9.49. The number of piperazine rings is 1. The third-order valence-electron chi connectivity index (χ3n) is 4.13. The molecular formula is C17H15Cl2FN2O3S. The van der Waals surface area contributed by atoms with Crippen LogP contribution in [0.3, 0.4) is 0 Å². The van der Waals surface area contributed by atoms with Crippen molar-refractivity contribution in [2.24, 2.45) is 0 Å². The number of sulfonamides is 1. The molecule has 0 unspecified atom stereocenters. The average Bonchev–Trinajstić information content (AvgIpc) is 2.63. The van der Waals surface area contributed by atoms with Crippen LogP contribution in [-0.4, -0.2) is 49.7 Å². The van der Waals surface area contributed by atoms with Crippen LogP contribution in [0.25, 0.3) is 0 Å². The molecule has 1 amide bonds. The number of amides is 1. The Labute approximate surface area is 161 Å². The molecule has 0 radical (unpaired) electrons. The van der Waals surface area contributed by atoms with Crippen LogP contribution in [-0.2, 0) is 10.0 Å². The fraction of sp³-hybridized carbons (Fsp3) is 0.235. The zero-order valence-electron chi connectivity index (χ0n) is 13.5. The molecule has 0 atom stereocenters. The first kappa shape index (κ1) is 19.1. The van der Waals surface area contributed by atoms with E-state index >= 15 is 0 Å². The summed E-state index contributed by atoms with van der Waals surface area (Å²) in [6.07, 6.45) is 0. The number of rotatable bonds is 3. The van der Waals surface area contributed by atoms with Crippen molar-refractivity contribution in [3.05, 3.63) is 63.9 Å². The van der Waals surface area contributed by atoms with Crippen molar-refractivity contribution in [1.29, 1.82) is 0 Å². The van der Waals surface area contributed by atoms with Gasteiger partial charge in [-0.3, -0.25) is 4.79 Å². The highest BCUT2D eigenvalue weighted by atomic mass is 35.5. The highest BCUT2D eigenvalue weighted by Gasteiger charge is 2.30. The number of carbonyl (C=O) groups is 1. The van der Waals surface area contributed by atoms with Crippen molar-refractivity contribution >= 4 is 39.1 Å². The van der Waals surface area contributed by atoms with E-state index in [1.54, 1.807) is 17.0 Å². The quantitative estimate of drug-likeness (QED) is 0.771. The van der Waals surface area contributed by atoms with E-state index in [-0.39, 0.29) is 42.0 Å². The third kappa shape index (κ3) is 3.86. The Kier molecular flexibility index (Phi) is 5.53. The largest absolute Gasteiger partial charge is 0.336 e. The van der Waals surface area contributed by atoms with E-state index < -0.39 is 15.8 Å². The molecule has 9 heteroatoms. The molecule has 0 aromatic heterocycles. The first-order valence-electron chi connectivity index (χ1n) is 7.79. The molecule has 1 aliphatic heterocycles. The van der Waals surface area contributed by atoms with Gasteiger partial charge in [0.05, 0.1) is 14.9 Å². The molecule has 0 aliphatic carbocycles. The minimum atomic E-state index is -3.79. The number of nitrogens with zero attached hydrogens (tertiary/aromatic N) is 2. The Bertz CT molecular complexity index is 945. The lowest BCUT2D eigenvalue weighted by atomic mass is 10.2. The fourth-order valence-electron chi connectivity index (χ4n) is 2.72. The Hall–Kier alpha value is -1.67. The van der Waals surface area contributed by atoms with Gasteiger partial charge in [0.1, 0.15) is 5.82 Å². The van der Waals surface area contributed by atoms with Gasteiger partial charge in [0.2, 0.25) is 10.0 Å². The summed E-state index contributed by atoms with van der Waals surface area (Å²) in [7, 11) is -3.79. The van der Waals surface area contributed by atoms with Crippen LogP contribution in [0.2, 0.25) is 10.0 Å². The van der Waals surface area contributed by atoms with Crippen molar-refractivity contribution in [2.45, 2.75) is 4.90 Å². The average molecular weight is 417 g/mol. The molecular weight excluding hydrogens is 402 g/mol. The maximum Gasteiger partial charge on any atom is 0.253 e. The fourth-order valence-corrected chi connectivity index (χ4v) is 4.47. The molecule has 5 nitrogen and oxygen atoms in total. The van der Waals surface area contributed by atoms with E-state index in [4.69, 9.17) is 23.2 Å². The molecule has 138 valence electrons. The number of benzene rings is 2. The van der Waals surface area contributed by atoms with Crippen LogP contribution in [0.4, 0.5) is 4.39 Å². The van der Waals surface area contributed by atoms with E-state index in [1.165, 1.54) is 28.6 Å². The van der Waals surface area contributed by atoms with E-state index in [0.717, 1.165) is 6.07 Å². The van der Waals surface area contributed by atoms with Crippen molar-refractivity contribution in [2.75, 3.05) is 26.2 Å². The third-order valence-corrected chi connectivity index (χ3v) is 6.76. The predicted molar refractivity (Wildman–Crippen MR) is 97.5 cm³/mol. The van der Waals surface area contributed by atoms with Gasteiger partial charge in [-0.05, 0) is 36.4 Å². The smallest absolute Gasteiger partial charge is 0.253 e. The summed E-state index contributed by atoms with van der Waals surface area (Å²) in [5, 5.41) is 0.638.